The molecule has 0 saturated heterocycles. The second-order valence-electron chi connectivity index (χ2n) is 4.83. The van der Waals surface area contributed by atoms with Crippen LogP contribution in [0.4, 0.5) is 0 Å². The van der Waals surface area contributed by atoms with Crippen LogP contribution in [0.25, 0.3) is 0 Å². The third kappa shape index (κ3) is 5.30. The average Bonchev–Trinajstić information content (AvgIpc) is 2.42. The fourth-order valence-corrected chi connectivity index (χ4v) is 1.71. The molecule has 1 rings (SSSR count). The molecule has 1 aromatic carbocycles. The van der Waals surface area contributed by atoms with Gasteiger partial charge < -0.3 is 15.0 Å². The Balaban J connectivity index is 2.51. The SMILES string of the molecule is CCCOc1cccc(CNC(C)C(=O)N(C)C)c1. The fourth-order valence-electron chi connectivity index (χ4n) is 1.71. The van der Waals surface area contributed by atoms with Gasteiger partial charge in [0.2, 0.25) is 5.91 Å². The first-order valence-electron chi connectivity index (χ1n) is 6.71. The number of amides is 1. The highest BCUT2D eigenvalue weighted by atomic mass is 16.5. The Hall–Kier alpha value is -1.55. The van der Waals surface area contributed by atoms with Crippen molar-refractivity contribution in [1.29, 1.82) is 0 Å². The van der Waals surface area contributed by atoms with Crippen molar-refractivity contribution in [2.75, 3.05) is 20.7 Å². The lowest BCUT2D eigenvalue weighted by Crippen LogP contribution is -2.41. The summed E-state index contributed by atoms with van der Waals surface area (Å²) in [5, 5.41) is 3.22. The van der Waals surface area contributed by atoms with Gasteiger partial charge in [0.15, 0.2) is 0 Å². The normalized spacial score (nSPS) is 12.0. The minimum absolute atomic E-state index is 0.0818. The molecular formula is C15H24N2O2. The number of likely N-dealkylation sites (N-methyl/N-ethyl adjacent to an activating group) is 1. The number of hydrogen-bond acceptors (Lipinski definition) is 3. The number of ether oxygens (including phenoxy) is 1. The van der Waals surface area contributed by atoms with E-state index in [0.29, 0.717) is 6.54 Å². The van der Waals surface area contributed by atoms with Gasteiger partial charge in [-0.1, -0.05) is 19.1 Å². The molecule has 0 radical (unpaired) electrons. The molecule has 0 aliphatic heterocycles. The van der Waals surface area contributed by atoms with Crippen LogP contribution >= 0.6 is 0 Å². The summed E-state index contributed by atoms with van der Waals surface area (Å²) in [4.78, 5) is 13.3. The van der Waals surface area contributed by atoms with Crippen LogP contribution in [0.15, 0.2) is 24.3 Å². The molecule has 106 valence electrons. The van der Waals surface area contributed by atoms with Gasteiger partial charge in [0.1, 0.15) is 5.75 Å². The standard InChI is InChI=1S/C15H24N2O2/c1-5-9-19-14-8-6-7-13(10-14)11-16-12(2)15(18)17(3)4/h6-8,10,12,16H,5,9,11H2,1-4H3. The van der Waals surface area contributed by atoms with Crippen molar-refractivity contribution in [2.24, 2.45) is 0 Å². The summed E-state index contributed by atoms with van der Waals surface area (Å²) in [6, 6.07) is 7.78. The molecule has 0 aliphatic carbocycles. The van der Waals surface area contributed by atoms with E-state index in [1.807, 2.05) is 31.2 Å². The van der Waals surface area contributed by atoms with Crippen LogP contribution in [0.5, 0.6) is 5.75 Å². The molecule has 1 atom stereocenters. The van der Waals surface area contributed by atoms with Gasteiger partial charge in [0, 0.05) is 20.6 Å². The van der Waals surface area contributed by atoms with Gasteiger partial charge in [-0.2, -0.15) is 0 Å². The summed E-state index contributed by atoms with van der Waals surface area (Å²) in [5.41, 5.74) is 1.12. The third-order valence-electron chi connectivity index (χ3n) is 2.79. The zero-order valence-electron chi connectivity index (χ0n) is 12.3. The Kier molecular flexibility index (Phi) is 6.36. The highest BCUT2D eigenvalue weighted by molar-refractivity contribution is 5.80. The Labute approximate surface area is 115 Å². The number of benzene rings is 1. The maximum Gasteiger partial charge on any atom is 0.238 e. The van der Waals surface area contributed by atoms with Gasteiger partial charge in [0.25, 0.3) is 0 Å². The maximum atomic E-state index is 11.7. The van der Waals surface area contributed by atoms with Crippen LogP contribution < -0.4 is 10.1 Å². The van der Waals surface area contributed by atoms with Crippen molar-refractivity contribution in [2.45, 2.75) is 32.9 Å². The van der Waals surface area contributed by atoms with E-state index in [4.69, 9.17) is 4.74 Å². The van der Waals surface area contributed by atoms with E-state index in [-0.39, 0.29) is 11.9 Å². The van der Waals surface area contributed by atoms with Crippen LogP contribution in [0.2, 0.25) is 0 Å². The van der Waals surface area contributed by atoms with Crippen molar-refractivity contribution < 1.29 is 9.53 Å². The molecule has 1 unspecified atom stereocenters. The van der Waals surface area contributed by atoms with E-state index < -0.39 is 0 Å². The molecule has 1 amide bonds. The zero-order valence-corrected chi connectivity index (χ0v) is 12.3. The highest BCUT2D eigenvalue weighted by Gasteiger charge is 2.13. The van der Waals surface area contributed by atoms with Crippen LogP contribution in [0.3, 0.4) is 0 Å². The number of rotatable bonds is 7. The van der Waals surface area contributed by atoms with Crippen LogP contribution in [-0.4, -0.2) is 37.6 Å². The topological polar surface area (TPSA) is 41.6 Å². The fraction of sp³-hybridized carbons (Fsp3) is 0.533. The molecular weight excluding hydrogens is 240 g/mol. The summed E-state index contributed by atoms with van der Waals surface area (Å²) in [7, 11) is 3.53. The Bertz CT molecular complexity index is 405. The minimum Gasteiger partial charge on any atom is -0.494 e. The number of carbonyl (C=O) groups is 1. The van der Waals surface area contributed by atoms with Crippen LogP contribution in [0, 0.1) is 0 Å². The molecule has 4 nitrogen and oxygen atoms in total. The average molecular weight is 264 g/mol. The summed E-state index contributed by atoms with van der Waals surface area (Å²) < 4.78 is 5.59. The molecule has 0 saturated carbocycles. The Morgan fingerprint density at radius 3 is 2.79 bits per heavy atom. The van der Waals surface area contributed by atoms with Gasteiger partial charge in [-0.25, -0.2) is 0 Å². The van der Waals surface area contributed by atoms with Crippen LogP contribution in [-0.2, 0) is 11.3 Å². The highest BCUT2D eigenvalue weighted by Crippen LogP contribution is 2.13. The van der Waals surface area contributed by atoms with Crippen molar-refractivity contribution >= 4 is 5.91 Å². The first kappa shape index (κ1) is 15.5. The first-order valence-corrected chi connectivity index (χ1v) is 6.71. The molecule has 0 aromatic heterocycles. The lowest BCUT2D eigenvalue weighted by molar-refractivity contribution is -0.130. The molecule has 19 heavy (non-hydrogen) atoms. The molecule has 4 heteroatoms. The number of hydrogen-bond donors (Lipinski definition) is 1. The minimum atomic E-state index is -0.185. The quantitative estimate of drug-likeness (QED) is 0.819. The van der Waals surface area contributed by atoms with Gasteiger partial charge in [-0.3, -0.25) is 4.79 Å². The summed E-state index contributed by atoms with van der Waals surface area (Å²) in [5.74, 6) is 0.964. The second-order valence-corrected chi connectivity index (χ2v) is 4.83. The van der Waals surface area contributed by atoms with E-state index in [0.717, 1.165) is 24.3 Å². The van der Waals surface area contributed by atoms with E-state index in [1.165, 1.54) is 0 Å². The molecule has 0 spiro atoms. The Morgan fingerprint density at radius 2 is 2.16 bits per heavy atom. The molecule has 1 N–H and O–H groups in total. The zero-order chi connectivity index (χ0) is 14.3. The van der Waals surface area contributed by atoms with Gasteiger partial charge in [-0.05, 0) is 31.0 Å². The molecule has 1 aromatic rings. The summed E-state index contributed by atoms with van der Waals surface area (Å²) in [6.45, 7) is 5.34. The maximum absolute atomic E-state index is 11.7. The van der Waals surface area contributed by atoms with Gasteiger partial charge in [-0.15, -0.1) is 0 Å². The monoisotopic (exact) mass is 264 g/mol. The lowest BCUT2D eigenvalue weighted by atomic mass is 10.2. The van der Waals surface area contributed by atoms with Crippen molar-refractivity contribution in [3.63, 3.8) is 0 Å². The first-order chi connectivity index (χ1) is 9.04. The Morgan fingerprint density at radius 1 is 1.42 bits per heavy atom. The van der Waals surface area contributed by atoms with E-state index in [1.54, 1.807) is 19.0 Å². The molecule has 0 aliphatic rings. The molecule has 0 heterocycles. The molecule has 0 bridgehead atoms. The molecule has 0 fully saturated rings. The van der Waals surface area contributed by atoms with Crippen LogP contribution in [0.1, 0.15) is 25.8 Å². The predicted octanol–water partition coefficient (Wildman–Crippen LogP) is 2.04. The third-order valence-corrected chi connectivity index (χ3v) is 2.79. The van der Waals surface area contributed by atoms with Crippen molar-refractivity contribution in [1.82, 2.24) is 10.2 Å². The lowest BCUT2D eigenvalue weighted by Gasteiger charge is -2.18. The van der Waals surface area contributed by atoms with Gasteiger partial charge >= 0.3 is 0 Å². The van der Waals surface area contributed by atoms with Crippen molar-refractivity contribution in [3.05, 3.63) is 29.8 Å². The van der Waals surface area contributed by atoms with Crippen molar-refractivity contribution in [3.8, 4) is 5.75 Å². The largest absolute Gasteiger partial charge is 0.494 e. The summed E-state index contributed by atoms with van der Waals surface area (Å²) in [6.07, 6.45) is 0.997. The number of nitrogens with one attached hydrogen (secondary N) is 1. The van der Waals surface area contributed by atoms with E-state index >= 15 is 0 Å². The number of nitrogens with zero attached hydrogens (tertiary/aromatic N) is 1. The van der Waals surface area contributed by atoms with E-state index in [9.17, 15) is 4.79 Å². The predicted molar refractivity (Wildman–Crippen MR) is 77.2 cm³/mol. The summed E-state index contributed by atoms with van der Waals surface area (Å²) >= 11 is 0. The smallest absolute Gasteiger partial charge is 0.238 e. The van der Waals surface area contributed by atoms with Gasteiger partial charge in [0.05, 0.1) is 12.6 Å². The number of carbonyl (C=O) groups excluding carboxylic acids is 1. The van der Waals surface area contributed by atoms with E-state index in [2.05, 4.69) is 12.2 Å². The second kappa shape index (κ2) is 7.79.